The molecule has 9 nitrogen and oxygen atoms in total. The Hall–Kier alpha value is -2.73. The predicted molar refractivity (Wildman–Crippen MR) is 129 cm³/mol. The summed E-state index contributed by atoms with van der Waals surface area (Å²) in [6, 6.07) is 10.9. The molecule has 3 N–H and O–H groups in total. The molecule has 35 heavy (non-hydrogen) atoms. The van der Waals surface area contributed by atoms with E-state index in [2.05, 4.69) is 4.90 Å². The summed E-state index contributed by atoms with van der Waals surface area (Å²) in [6.07, 6.45) is -0.351. The van der Waals surface area contributed by atoms with Crippen LogP contribution in [0.4, 0.5) is 4.39 Å². The fraction of sp³-hybridized carbons (Fsp3) is 0.391. The van der Waals surface area contributed by atoms with Gasteiger partial charge in [-0.25, -0.2) is 14.3 Å². The van der Waals surface area contributed by atoms with E-state index in [1.54, 1.807) is 27.8 Å². The quantitative estimate of drug-likeness (QED) is 0.541. The Morgan fingerprint density at radius 3 is 2.49 bits per heavy atom. The molecule has 0 aromatic heterocycles. The summed E-state index contributed by atoms with van der Waals surface area (Å²) in [5.41, 5.74) is 1.31. The Balaban J connectivity index is 1.60. The summed E-state index contributed by atoms with van der Waals surface area (Å²) in [4.78, 5) is 28.9. The fourth-order valence-corrected chi connectivity index (χ4v) is 4.59. The number of ether oxygens (including phenoxy) is 1. The second-order valence-electron chi connectivity index (χ2n) is 8.59. The topological polar surface area (TPSA) is 122 Å². The van der Waals surface area contributed by atoms with Gasteiger partial charge in [-0.1, -0.05) is 23.7 Å². The highest BCUT2D eigenvalue weighted by atomic mass is 35.5. The van der Waals surface area contributed by atoms with E-state index in [0.717, 1.165) is 5.56 Å². The van der Waals surface area contributed by atoms with Gasteiger partial charge in [-0.15, -0.1) is 0 Å². The number of amides is 2. The van der Waals surface area contributed by atoms with Gasteiger partial charge in [-0.05, 0) is 49.7 Å². The smallest absolute Gasteiger partial charge is 0.298 e. The zero-order chi connectivity index (χ0) is 25.8. The molecule has 1 aliphatic rings. The molecule has 1 aliphatic heterocycles. The molecule has 3 rings (SSSR count). The van der Waals surface area contributed by atoms with E-state index in [1.807, 2.05) is 13.8 Å². The van der Waals surface area contributed by atoms with Gasteiger partial charge in [-0.3, -0.25) is 14.5 Å². The third-order valence-corrected chi connectivity index (χ3v) is 6.46. The van der Waals surface area contributed by atoms with E-state index in [0.29, 0.717) is 30.2 Å². The number of nitrogens with one attached hydrogen (secondary N) is 1. The van der Waals surface area contributed by atoms with Crippen LogP contribution in [0.3, 0.4) is 0 Å². The van der Waals surface area contributed by atoms with Crippen molar-refractivity contribution in [2.24, 2.45) is 5.14 Å². The molecule has 2 aromatic carbocycles. The minimum atomic E-state index is -4.20. The highest BCUT2D eigenvalue weighted by molar-refractivity contribution is 7.87. The molecule has 190 valence electrons. The summed E-state index contributed by atoms with van der Waals surface area (Å²) >= 11 is 6.00. The number of rotatable bonds is 8. The van der Waals surface area contributed by atoms with Crippen molar-refractivity contribution in [3.05, 3.63) is 64.4 Å². The maximum Gasteiger partial charge on any atom is 0.298 e. The second-order valence-corrected chi connectivity index (χ2v) is 10.3. The predicted octanol–water partition coefficient (Wildman–Crippen LogP) is 1.84. The summed E-state index contributed by atoms with van der Waals surface area (Å²) < 4.78 is 42.7. The van der Waals surface area contributed by atoms with Gasteiger partial charge in [0.1, 0.15) is 11.6 Å². The van der Waals surface area contributed by atoms with Crippen LogP contribution in [-0.2, 0) is 32.8 Å². The summed E-state index contributed by atoms with van der Waals surface area (Å²) in [5, 5.41) is 5.16. The molecular weight excluding hydrogens is 499 g/mol. The molecular formula is C23H28ClFN4O5S. The first-order valence-electron chi connectivity index (χ1n) is 10.9. The van der Waals surface area contributed by atoms with Crippen LogP contribution in [0.1, 0.15) is 25.0 Å². The van der Waals surface area contributed by atoms with Gasteiger partial charge in [-0.2, -0.15) is 8.42 Å². The van der Waals surface area contributed by atoms with E-state index >= 15 is 0 Å². The standard InChI is InChI=1S/C23H28ClFN4O5S/c1-15-12-29(16(2)11-28(15)13-17-3-6-20(25)7-4-17)23(31)14-34-21-8-5-19(24)9-18(21)10-22(30)27-35(26,32)33/h3-9,15-16H,10-14H2,1-2H3,(H,27,30)(H2,26,32,33)/t15-,16+/m0/s1. The molecule has 2 aromatic rings. The molecule has 0 saturated carbocycles. The third-order valence-electron chi connectivity index (χ3n) is 5.72. The van der Waals surface area contributed by atoms with Gasteiger partial charge in [0, 0.05) is 42.3 Å². The Kier molecular flexibility index (Phi) is 8.70. The minimum absolute atomic E-state index is 0.0759. The monoisotopic (exact) mass is 526 g/mol. The van der Waals surface area contributed by atoms with E-state index < -0.39 is 16.1 Å². The number of hydrogen-bond acceptors (Lipinski definition) is 6. The van der Waals surface area contributed by atoms with Gasteiger partial charge < -0.3 is 9.64 Å². The van der Waals surface area contributed by atoms with Crippen LogP contribution in [0.25, 0.3) is 0 Å². The number of halogens is 2. The fourth-order valence-electron chi connectivity index (χ4n) is 4.01. The van der Waals surface area contributed by atoms with Crippen molar-refractivity contribution < 1.29 is 27.1 Å². The summed E-state index contributed by atoms with van der Waals surface area (Å²) in [5.74, 6) is -1.12. The molecule has 2 amide bonds. The Morgan fingerprint density at radius 1 is 1.14 bits per heavy atom. The van der Waals surface area contributed by atoms with Crippen LogP contribution in [0.5, 0.6) is 5.75 Å². The minimum Gasteiger partial charge on any atom is -0.483 e. The van der Waals surface area contributed by atoms with Crippen LogP contribution in [0, 0.1) is 5.82 Å². The average molecular weight is 527 g/mol. The van der Waals surface area contributed by atoms with Gasteiger partial charge in [0.15, 0.2) is 6.61 Å². The molecule has 0 aliphatic carbocycles. The van der Waals surface area contributed by atoms with Crippen molar-refractivity contribution in [3.63, 3.8) is 0 Å². The first kappa shape index (κ1) is 26.9. The van der Waals surface area contributed by atoms with Crippen molar-refractivity contribution in [1.29, 1.82) is 0 Å². The number of nitrogens with zero attached hydrogens (tertiary/aromatic N) is 2. The third kappa shape index (κ3) is 7.89. The van der Waals surface area contributed by atoms with E-state index in [-0.39, 0.29) is 42.6 Å². The Morgan fingerprint density at radius 2 is 1.83 bits per heavy atom. The lowest BCUT2D eigenvalue weighted by Gasteiger charge is -2.44. The first-order valence-corrected chi connectivity index (χ1v) is 12.9. The normalized spacial score (nSPS) is 18.8. The molecule has 2 atom stereocenters. The lowest BCUT2D eigenvalue weighted by molar-refractivity contribution is -0.139. The molecule has 1 saturated heterocycles. The lowest BCUT2D eigenvalue weighted by atomic mass is 10.1. The summed E-state index contributed by atoms with van der Waals surface area (Å²) in [6.45, 7) is 5.50. The number of carbonyl (C=O) groups is 2. The highest BCUT2D eigenvalue weighted by Crippen LogP contribution is 2.24. The average Bonchev–Trinajstić information content (AvgIpc) is 2.75. The zero-order valence-corrected chi connectivity index (χ0v) is 21.0. The van der Waals surface area contributed by atoms with E-state index in [4.69, 9.17) is 21.5 Å². The van der Waals surface area contributed by atoms with Crippen LogP contribution in [0.2, 0.25) is 5.02 Å². The number of nitrogens with two attached hydrogens (primary N) is 1. The van der Waals surface area contributed by atoms with Crippen molar-refractivity contribution in [2.75, 3.05) is 19.7 Å². The lowest BCUT2D eigenvalue weighted by Crippen LogP contribution is -2.58. The molecule has 1 heterocycles. The Labute approximate surface area is 209 Å². The van der Waals surface area contributed by atoms with Crippen LogP contribution >= 0.6 is 11.6 Å². The second kappa shape index (κ2) is 11.3. The molecule has 0 radical (unpaired) electrons. The number of piperazine rings is 1. The SMILES string of the molecule is C[C@@H]1CN(Cc2ccc(F)cc2)[C@@H](C)CN1C(=O)COc1ccc(Cl)cc1CC(=O)NS(N)(=O)=O. The number of carbonyl (C=O) groups excluding carboxylic acids is 2. The largest absolute Gasteiger partial charge is 0.483 e. The van der Waals surface area contributed by atoms with Crippen molar-refractivity contribution in [2.45, 2.75) is 38.9 Å². The van der Waals surface area contributed by atoms with Crippen LogP contribution in [-0.4, -0.2) is 61.8 Å². The maximum atomic E-state index is 13.2. The number of benzene rings is 2. The summed E-state index contributed by atoms with van der Waals surface area (Å²) in [7, 11) is -4.20. The molecule has 0 bridgehead atoms. The van der Waals surface area contributed by atoms with Crippen molar-refractivity contribution in [1.82, 2.24) is 14.5 Å². The van der Waals surface area contributed by atoms with Gasteiger partial charge in [0.2, 0.25) is 5.91 Å². The van der Waals surface area contributed by atoms with Gasteiger partial charge in [0.25, 0.3) is 16.1 Å². The zero-order valence-electron chi connectivity index (χ0n) is 19.4. The molecule has 0 spiro atoms. The molecule has 0 unspecified atom stereocenters. The van der Waals surface area contributed by atoms with E-state index in [9.17, 15) is 22.4 Å². The van der Waals surface area contributed by atoms with Crippen molar-refractivity contribution >= 4 is 33.6 Å². The van der Waals surface area contributed by atoms with E-state index in [1.165, 1.54) is 24.3 Å². The first-order chi connectivity index (χ1) is 16.4. The number of hydrogen-bond donors (Lipinski definition) is 2. The molecule has 1 fully saturated rings. The van der Waals surface area contributed by atoms with Gasteiger partial charge in [0.05, 0.1) is 6.42 Å². The van der Waals surface area contributed by atoms with Gasteiger partial charge >= 0.3 is 0 Å². The van der Waals surface area contributed by atoms with Crippen molar-refractivity contribution in [3.8, 4) is 5.75 Å². The molecule has 12 heteroatoms. The van der Waals surface area contributed by atoms with Crippen LogP contribution < -0.4 is 14.6 Å². The Bertz CT molecular complexity index is 1180. The highest BCUT2D eigenvalue weighted by Gasteiger charge is 2.32. The maximum absolute atomic E-state index is 13.2. The van der Waals surface area contributed by atoms with Crippen LogP contribution in [0.15, 0.2) is 42.5 Å².